The minimum atomic E-state index is 0.136. The van der Waals surface area contributed by atoms with Crippen LogP contribution in [0.15, 0.2) is 0 Å². The van der Waals surface area contributed by atoms with E-state index >= 15 is 0 Å². The Kier molecular flexibility index (Phi) is 12.1. The Morgan fingerprint density at radius 3 is 1.41 bits per heavy atom. The first kappa shape index (κ1) is 20.0. The highest BCUT2D eigenvalue weighted by atomic mass is 16.5. The minimum absolute atomic E-state index is 0.136. The Morgan fingerprint density at radius 1 is 0.682 bits per heavy atom. The van der Waals surface area contributed by atoms with E-state index in [2.05, 4.69) is 6.92 Å². The van der Waals surface area contributed by atoms with E-state index < -0.39 is 0 Å². The molecule has 2 nitrogen and oxygen atoms in total. The van der Waals surface area contributed by atoms with Crippen LogP contribution < -0.4 is 0 Å². The van der Waals surface area contributed by atoms with E-state index in [0.29, 0.717) is 6.61 Å². The zero-order valence-electron chi connectivity index (χ0n) is 15.1. The van der Waals surface area contributed by atoms with Gasteiger partial charge in [0.2, 0.25) is 0 Å². The van der Waals surface area contributed by atoms with Crippen molar-refractivity contribution in [2.75, 3.05) is 19.8 Å². The Hall–Kier alpha value is -0.0800. The Morgan fingerprint density at radius 2 is 1.09 bits per heavy atom. The molecule has 0 aromatic carbocycles. The van der Waals surface area contributed by atoms with Gasteiger partial charge in [-0.2, -0.15) is 0 Å². The van der Waals surface area contributed by atoms with Gasteiger partial charge in [0.25, 0.3) is 0 Å². The minimum Gasteiger partial charge on any atom is -0.396 e. The summed E-state index contributed by atoms with van der Waals surface area (Å²) >= 11 is 0. The molecule has 0 saturated carbocycles. The van der Waals surface area contributed by atoms with Crippen LogP contribution in [0.4, 0.5) is 0 Å². The topological polar surface area (TPSA) is 29.5 Å². The molecule has 1 heterocycles. The lowest BCUT2D eigenvalue weighted by Gasteiger charge is -2.40. The lowest BCUT2D eigenvalue weighted by Crippen LogP contribution is -2.45. The third kappa shape index (κ3) is 9.15. The quantitative estimate of drug-likeness (QED) is 0.361. The van der Waals surface area contributed by atoms with Crippen LogP contribution in [0.1, 0.15) is 103 Å². The zero-order valence-corrected chi connectivity index (χ0v) is 15.1. The Labute approximate surface area is 139 Å². The van der Waals surface area contributed by atoms with Gasteiger partial charge >= 0.3 is 0 Å². The molecule has 22 heavy (non-hydrogen) atoms. The summed E-state index contributed by atoms with van der Waals surface area (Å²) < 4.78 is 5.24. The average Bonchev–Trinajstić information content (AvgIpc) is 2.50. The van der Waals surface area contributed by atoms with Crippen LogP contribution in [-0.4, -0.2) is 24.9 Å². The van der Waals surface area contributed by atoms with Crippen LogP contribution in [0, 0.1) is 5.41 Å². The highest BCUT2D eigenvalue weighted by Gasteiger charge is 2.36. The van der Waals surface area contributed by atoms with Crippen molar-refractivity contribution in [2.45, 2.75) is 103 Å². The van der Waals surface area contributed by atoms with Crippen LogP contribution in [0.2, 0.25) is 0 Å². The van der Waals surface area contributed by atoms with Crippen molar-refractivity contribution >= 4 is 0 Å². The third-order valence-electron chi connectivity index (χ3n) is 5.21. The fourth-order valence-electron chi connectivity index (χ4n) is 3.40. The van der Waals surface area contributed by atoms with Gasteiger partial charge in [0.05, 0.1) is 19.8 Å². The third-order valence-corrected chi connectivity index (χ3v) is 5.21. The molecule has 1 aliphatic rings. The van der Waals surface area contributed by atoms with Crippen molar-refractivity contribution in [3.8, 4) is 0 Å². The van der Waals surface area contributed by atoms with Crippen molar-refractivity contribution in [2.24, 2.45) is 5.41 Å². The smallest absolute Gasteiger partial charge is 0.0566 e. The van der Waals surface area contributed by atoms with E-state index in [9.17, 15) is 5.11 Å². The van der Waals surface area contributed by atoms with Gasteiger partial charge in [-0.05, 0) is 6.42 Å². The van der Waals surface area contributed by atoms with Gasteiger partial charge in [-0.25, -0.2) is 0 Å². The van der Waals surface area contributed by atoms with E-state index in [4.69, 9.17) is 4.74 Å². The summed E-state index contributed by atoms with van der Waals surface area (Å²) in [5, 5.41) is 9.36. The molecule has 0 atom stereocenters. The predicted molar refractivity (Wildman–Crippen MR) is 95.3 cm³/mol. The van der Waals surface area contributed by atoms with Gasteiger partial charge < -0.3 is 9.84 Å². The largest absolute Gasteiger partial charge is 0.396 e. The van der Waals surface area contributed by atoms with Crippen LogP contribution in [0.3, 0.4) is 0 Å². The molecule has 1 N–H and O–H groups in total. The van der Waals surface area contributed by atoms with Gasteiger partial charge in [-0.1, -0.05) is 96.8 Å². The first-order valence-corrected chi connectivity index (χ1v) is 10.0. The molecular formula is C20H40O2. The maximum absolute atomic E-state index is 9.36. The van der Waals surface area contributed by atoms with Gasteiger partial charge in [0, 0.05) is 5.41 Å². The molecule has 0 aromatic rings. The fourth-order valence-corrected chi connectivity index (χ4v) is 3.40. The summed E-state index contributed by atoms with van der Waals surface area (Å²) in [6, 6.07) is 0. The van der Waals surface area contributed by atoms with Crippen molar-refractivity contribution in [1.29, 1.82) is 0 Å². The summed E-state index contributed by atoms with van der Waals surface area (Å²) in [6.07, 6.45) is 20.9. The number of unbranched alkanes of at least 4 members (excludes halogenated alkanes) is 13. The highest BCUT2D eigenvalue weighted by molar-refractivity contribution is 4.84. The van der Waals surface area contributed by atoms with Crippen molar-refractivity contribution < 1.29 is 9.84 Å². The summed E-state index contributed by atoms with van der Waals surface area (Å²) in [5.74, 6) is 0. The molecular weight excluding hydrogens is 272 g/mol. The van der Waals surface area contributed by atoms with E-state index in [1.165, 1.54) is 89.9 Å². The molecule has 1 saturated heterocycles. The number of aliphatic hydroxyl groups is 1. The molecule has 2 heteroatoms. The van der Waals surface area contributed by atoms with E-state index in [1.807, 2.05) is 0 Å². The summed E-state index contributed by atoms with van der Waals surface area (Å²) in [7, 11) is 0. The maximum Gasteiger partial charge on any atom is 0.0566 e. The Bertz CT molecular complexity index is 230. The van der Waals surface area contributed by atoms with Crippen molar-refractivity contribution in [3.63, 3.8) is 0 Å². The van der Waals surface area contributed by atoms with Crippen LogP contribution in [-0.2, 0) is 4.74 Å². The van der Waals surface area contributed by atoms with Gasteiger partial charge in [-0.15, -0.1) is 0 Å². The second-order valence-corrected chi connectivity index (χ2v) is 7.50. The normalized spacial score (nSPS) is 16.6. The molecule has 0 aromatic heterocycles. The lowest BCUT2D eigenvalue weighted by atomic mass is 9.81. The fraction of sp³-hybridized carbons (Fsp3) is 1.00. The van der Waals surface area contributed by atoms with Gasteiger partial charge in [0.15, 0.2) is 0 Å². The number of ether oxygens (including phenoxy) is 1. The number of hydrogen-bond donors (Lipinski definition) is 1. The molecule has 0 bridgehead atoms. The lowest BCUT2D eigenvalue weighted by molar-refractivity contribution is -0.141. The number of hydrogen-bond acceptors (Lipinski definition) is 2. The van der Waals surface area contributed by atoms with Crippen LogP contribution in [0.25, 0.3) is 0 Å². The predicted octanol–water partition coefficient (Wildman–Crippen LogP) is 5.87. The average molecular weight is 313 g/mol. The second-order valence-electron chi connectivity index (χ2n) is 7.50. The first-order valence-electron chi connectivity index (χ1n) is 10.0. The summed E-state index contributed by atoms with van der Waals surface area (Å²) in [5.41, 5.74) is 0.136. The van der Waals surface area contributed by atoms with Gasteiger partial charge in [0.1, 0.15) is 0 Å². The Balaban J connectivity index is 1.71. The van der Waals surface area contributed by atoms with Crippen molar-refractivity contribution in [1.82, 2.24) is 0 Å². The van der Waals surface area contributed by atoms with E-state index in [0.717, 1.165) is 19.6 Å². The maximum atomic E-state index is 9.36. The molecule has 0 radical (unpaired) electrons. The molecule has 1 fully saturated rings. The summed E-state index contributed by atoms with van der Waals surface area (Å²) in [6.45, 7) is 4.15. The monoisotopic (exact) mass is 312 g/mol. The van der Waals surface area contributed by atoms with E-state index in [-0.39, 0.29) is 5.41 Å². The zero-order chi connectivity index (χ0) is 15.9. The molecule has 0 spiro atoms. The molecule has 0 unspecified atom stereocenters. The molecule has 1 rings (SSSR count). The molecule has 0 aliphatic carbocycles. The SMILES string of the molecule is CCCCCCCCCCCCCCCCC1(CO)COC1. The summed E-state index contributed by atoms with van der Waals surface area (Å²) in [4.78, 5) is 0. The van der Waals surface area contributed by atoms with Crippen LogP contribution in [0.5, 0.6) is 0 Å². The number of aliphatic hydroxyl groups excluding tert-OH is 1. The first-order chi connectivity index (χ1) is 10.8. The van der Waals surface area contributed by atoms with Crippen molar-refractivity contribution in [3.05, 3.63) is 0 Å². The molecule has 1 aliphatic heterocycles. The van der Waals surface area contributed by atoms with Crippen LogP contribution >= 0.6 is 0 Å². The second kappa shape index (κ2) is 13.4. The molecule has 132 valence electrons. The van der Waals surface area contributed by atoms with Gasteiger partial charge in [-0.3, -0.25) is 0 Å². The van der Waals surface area contributed by atoms with E-state index in [1.54, 1.807) is 0 Å². The number of rotatable bonds is 16. The molecule has 0 amide bonds. The standard InChI is InChI=1S/C20H40O2/c1-2-3-4-5-6-7-8-9-10-11-12-13-14-15-16-20(17-21)18-22-19-20/h21H,2-19H2,1H3. The highest BCUT2D eigenvalue weighted by Crippen LogP contribution is 2.32.